The minimum atomic E-state index is -0.252. The van der Waals surface area contributed by atoms with Crippen LogP contribution >= 0.6 is 0 Å². The van der Waals surface area contributed by atoms with Crippen molar-refractivity contribution in [2.45, 2.75) is 80.0 Å². The highest BCUT2D eigenvalue weighted by Crippen LogP contribution is 2.33. The summed E-state index contributed by atoms with van der Waals surface area (Å²) in [7, 11) is 0. The van der Waals surface area contributed by atoms with Crippen molar-refractivity contribution in [1.82, 2.24) is 4.90 Å². The lowest BCUT2D eigenvalue weighted by molar-refractivity contribution is -0.137. The molecule has 0 unspecified atom stereocenters. The van der Waals surface area contributed by atoms with Gasteiger partial charge in [-0.05, 0) is 57.5 Å². The van der Waals surface area contributed by atoms with E-state index in [1.165, 1.54) is 0 Å². The van der Waals surface area contributed by atoms with Crippen LogP contribution in [-0.4, -0.2) is 34.6 Å². The lowest BCUT2D eigenvalue weighted by atomic mass is 9.91. The minimum absolute atomic E-state index is 0.0348. The highest BCUT2D eigenvalue weighted by Gasteiger charge is 2.18. The number of aliphatic hydroxyl groups excluding tert-OH is 1. The molecule has 172 valence electrons. The number of nitrogens with zero attached hydrogens (tertiary/aromatic N) is 1. The molecule has 31 heavy (non-hydrogen) atoms. The van der Waals surface area contributed by atoms with Gasteiger partial charge < -0.3 is 9.84 Å². The molecule has 0 aromatic heterocycles. The molecule has 2 rings (SSSR count). The van der Waals surface area contributed by atoms with E-state index in [0.29, 0.717) is 17.8 Å². The molecule has 0 bridgehead atoms. The van der Waals surface area contributed by atoms with Gasteiger partial charge in [0.1, 0.15) is 5.75 Å². The third-order valence-electron chi connectivity index (χ3n) is 5.40. The molecule has 0 radical (unpaired) electrons. The van der Waals surface area contributed by atoms with Crippen molar-refractivity contribution in [2.24, 2.45) is 5.92 Å². The highest BCUT2D eigenvalue weighted by atomic mass is 16.5. The van der Waals surface area contributed by atoms with Gasteiger partial charge in [-0.15, -0.1) is 0 Å². The maximum absolute atomic E-state index is 11.9. The van der Waals surface area contributed by atoms with Crippen molar-refractivity contribution in [3.05, 3.63) is 65.2 Å². The van der Waals surface area contributed by atoms with E-state index < -0.39 is 0 Å². The molecule has 0 saturated heterocycles. The fourth-order valence-corrected chi connectivity index (χ4v) is 3.60. The maximum atomic E-state index is 11.9. The van der Waals surface area contributed by atoms with Gasteiger partial charge >= 0.3 is 5.97 Å². The van der Waals surface area contributed by atoms with Gasteiger partial charge in [-0.3, -0.25) is 9.69 Å². The van der Waals surface area contributed by atoms with Crippen LogP contribution in [0.3, 0.4) is 0 Å². The summed E-state index contributed by atoms with van der Waals surface area (Å²) < 4.78 is 5.53. The van der Waals surface area contributed by atoms with Crippen LogP contribution in [-0.2, 0) is 11.4 Å². The predicted molar refractivity (Wildman–Crippen MR) is 129 cm³/mol. The third kappa shape index (κ3) is 8.47. The molecule has 0 saturated carbocycles. The maximum Gasteiger partial charge on any atom is 0.313 e. The second kappa shape index (κ2) is 13.3. The number of rotatable bonds is 8. The molecule has 0 aliphatic rings. The summed E-state index contributed by atoms with van der Waals surface area (Å²) in [6.07, 6.45) is 0. The summed E-state index contributed by atoms with van der Waals surface area (Å²) in [5.41, 5.74) is 2.85. The van der Waals surface area contributed by atoms with Gasteiger partial charge in [-0.1, -0.05) is 64.1 Å². The molecule has 0 aliphatic carbocycles. The average molecular weight is 428 g/mol. The van der Waals surface area contributed by atoms with Crippen molar-refractivity contribution >= 4 is 5.97 Å². The Labute approximate surface area is 189 Å². The standard InChI is InChI=1S/C19H22O3.C8H19N/c1-13(2)19(21)22-18-10-9-15(12-20)11-17(18)14(3)16-7-5-4-6-8-16;1-6-9(7(2)3)8(4)5/h4-11,13-14,20H,12H2,1-3H3;7-8H,6H2,1-5H3/t14-;/m1./s1. The van der Waals surface area contributed by atoms with Crippen molar-refractivity contribution in [1.29, 1.82) is 0 Å². The van der Waals surface area contributed by atoms with Gasteiger partial charge in [0.2, 0.25) is 0 Å². The number of benzene rings is 2. The largest absolute Gasteiger partial charge is 0.426 e. The van der Waals surface area contributed by atoms with Crippen LogP contribution in [0.2, 0.25) is 0 Å². The number of hydrogen-bond donors (Lipinski definition) is 1. The van der Waals surface area contributed by atoms with Crippen LogP contribution in [0.4, 0.5) is 0 Å². The molecule has 2 aromatic rings. The lowest BCUT2D eigenvalue weighted by Crippen LogP contribution is -2.36. The summed E-state index contributed by atoms with van der Waals surface area (Å²) in [4.78, 5) is 14.4. The molecule has 4 nitrogen and oxygen atoms in total. The van der Waals surface area contributed by atoms with E-state index in [2.05, 4.69) is 46.4 Å². The fraction of sp³-hybridized carbons (Fsp3) is 0.519. The Balaban J connectivity index is 0.000000452. The van der Waals surface area contributed by atoms with Gasteiger partial charge in [0, 0.05) is 23.6 Å². The molecule has 1 atom stereocenters. The van der Waals surface area contributed by atoms with Gasteiger partial charge in [0.15, 0.2) is 0 Å². The van der Waals surface area contributed by atoms with Crippen LogP contribution in [0.15, 0.2) is 48.5 Å². The molecule has 0 amide bonds. The zero-order valence-electron chi connectivity index (χ0n) is 20.6. The van der Waals surface area contributed by atoms with E-state index in [-0.39, 0.29) is 24.4 Å². The van der Waals surface area contributed by atoms with Crippen LogP contribution < -0.4 is 4.74 Å². The number of aliphatic hydroxyl groups is 1. The molecule has 0 spiro atoms. The summed E-state index contributed by atoms with van der Waals surface area (Å²) in [6.45, 7) is 18.0. The Morgan fingerprint density at radius 1 is 0.935 bits per heavy atom. The van der Waals surface area contributed by atoms with Gasteiger partial charge in [-0.2, -0.15) is 0 Å². The second-order valence-corrected chi connectivity index (χ2v) is 8.76. The SMILES string of the molecule is CC(C)C(=O)Oc1ccc(CO)cc1[C@H](C)c1ccccc1.CCN(C(C)C)C(C)C. The number of hydrogen-bond acceptors (Lipinski definition) is 4. The molecule has 0 fully saturated rings. The molecule has 0 heterocycles. The second-order valence-electron chi connectivity index (χ2n) is 8.76. The van der Waals surface area contributed by atoms with Crippen molar-refractivity contribution in [3.63, 3.8) is 0 Å². The predicted octanol–water partition coefficient (Wildman–Crippen LogP) is 6.02. The Kier molecular flexibility index (Phi) is 11.5. The topological polar surface area (TPSA) is 49.8 Å². The first-order chi connectivity index (χ1) is 14.6. The third-order valence-corrected chi connectivity index (χ3v) is 5.40. The first-order valence-corrected chi connectivity index (χ1v) is 11.4. The molecule has 4 heteroatoms. The quantitative estimate of drug-likeness (QED) is 0.413. The molecular weight excluding hydrogens is 386 g/mol. The normalized spacial score (nSPS) is 12.2. The van der Waals surface area contributed by atoms with Crippen molar-refractivity contribution < 1.29 is 14.6 Å². The molecule has 2 aromatic carbocycles. The number of carbonyl (C=O) groups excluding carboxylic acids is 1. The average Bonchev–Trinajstić information content (AvgIpc) is 2.74. The lowest BCUT2D eigenvalue weighted by Gasteiger charge is -2.28. The summed E-state index contributed by atoms with van der Waals surface area (Å²) in [5.74, 6) is 0.200. The first kappa shape index (κ1) is 26.9. The van der Waals surface area contributed by atoms with Crippen LogP contribution in [0.5, 0.6) is 5.75 Å². The Hall–Kier alpha value is -2.17. The van der Waals surface area contributed by atoms with E-state index in [1.807, 2.05) is 50.2 Å². The monoisotopic (exact) mass is 427 g/mol. The van der Waals surface area contributed by atoms with Gasteiger partial charge in [0.05, 0.1) is 12.5 Å². The van der Waals surface area contributed by atoms with Gasteiger partial charge in [0.25, 0.3) is 0 Å². The molecule has 1 N–H and O–H groups in total. The summed E-state index contributed by atoms with van der Waals surface area (Å²) in [5, 5.41) is 9.37. The van der Waals surface area contributed by atoms with E-state index in [0.717, 1.165) is 23.2 Å². The van der Waals surface area contributed by atoms with Crippen molar-refractivity contribution in [3.8, 4) is 5.75 Å². The van der Waals surface area contributed by atoms with Gasteiger partial charge in [-0.25, -0.2) is 0 Å². The van der Waals surface area contributed by atoms with Crippen LogP contribution in [0.25, 0.3) is 0 Å². The summed E-state index contributed by atoms with van der Waals surface area (Å²) in [6, 6.07) is 16.9. The summed E-state index contributed by atoms with van der Waals surface area (Å²) >= 11 is 0. The minimum Gasteiger partial charge on any atom is -0.426 e. The fourth-order valence-electron chi connectivity index (χ4n) is 3.60. The highest BCUT2D eigenvalue weighted by molar-refractivity contribution is 5.75. The zero-order valence-corrected chi connectivity index (χ0v) is 20.6. The first-order valence-electron chi connectivity index (χ1n) is 11.4. The Bertz CT molecular complexity index is 776. The smallest absolute Gasteiger partial charge is 0.313 e. The van der Waals surface area contributed by atoms with Crippen molar-refractivity contribution in [2.75, 3.05) is 6.54 Å². The van der Waals surface area contributed by atoms with E-state index in [4.69, 9.17) is 4.74 Å². The van der Waals surface area contributed by atoms with E-state index >= 15 is 0 Å². The van der Waals surface area contributed by atoms with E-state index in [1.54, 1.807) is 12.1 Å². The number of carbonyl (C=O) groups is 1. The van der Waals surface area contributed by atoms with Crippen LogP contribution in [0.1, 0.15) is 78.0 Å². The number of esters is 1. The molecule has 0 aliphatic heterocycles. The van der Waals surface area contributed by atoms with E-state index in [9.17, 15) is 9.90 Å². The zero-order chi connectivity index (χ0) is 23.6. The molecular formula is C27H41NO3. The van der Waals surface area contributed by atoms with Crippen LogP contribution in [0, 0.1) is 5.92 Å². The Morgan fingerprint density at radius 2 is 1.52 bits per heavy atom. The number of ether oxygens (including phenoxy) is 1. The Morgan fingerprint density at radius 3 is 1.94 bits per heavy atom.